The normalized spacial score (nSPS) is 19.7. The SMILES string of the molecule is CCn1cc(CC(=O)CCC2CCCO2)cn1. The highest BCUT2D eigenvalue weighted by Gasteiger charge is 2.16. The fraction of sp³-hybridized carbons (Fsp3) is 0.692. The number of carbonyl (C=O) groups is 1. The third-order valence-corrected chi connectivity index (χ3v) is 3.18. The number of rotatable bonds is 6. The number of hydrogen-bond donors (Lipinski definition) is 0. The number of aromatic nitrogens is 2. The average molecular weight is 236 g/mol. The van der Waals surface area contributed by atoms with E-state index < -0.39 is 0 Å². The third-order valence-electron chi connectivity index (χ3n) is 3.18. The van der Waals surface area contributed by atoms with Gasteiger partial charge in [0.2, 0.25) is 0 Å². The van der Waals surface area contributed by atoms with Crippen molar-refractivity contribution in [3.05, 3.63) is 18.0 Å². The van der Waals surface area contributed by atoms with Crippen LogP contribution in [0.15, 0.2) is 12.4 Å². The first-order valence-corrected chi connectivity index (χ1v) is 6.42. The first-order valence-electron chi connectivity index (χ1n) is 6.42. The topological polar surface area (TPSA) is 44.1 Å². The third kappa shape index (κ3) is 3.66. The van der Waals surface area contributed by atoms with E-state index in [0.29, 0.717) is 18.9 Å². The lowest BCUT2D eigenvalue weighted by Crippen LogP contribution is -2.10. The number of ether oxygens (including phenoxy) is 1. The molecule has 0 aliphatic carbocycles. The van der Waals surface area contributed by atoms with Crippen LogP contribution in [0.1, 0.15) is 38.2 Å². The maximum Gasteiger partial charge on any atom is 0.137 e. The molecule has 0 bridgehead atoms. The monoisotopic (exact) mass is 236 g/mol. The summed E-state index contributed by atoms with van der Waals surface area (Å²) < 4.78 is 7.36. The Morgan fingerprint density at radius 2 is 2.53 bits per heavy atom. The van der Waals surface area contributed by atoms with E-state index in [1.165, 1.54) is 0 Å². The van der Waals surface area contributed by atoms with Crippen molar-refractivity contribution >= 4 is 5.78 Å². The molecule has 1 saturated heterocycles. The lowest BCUT2D eigenvalue weighted by molar-refractivity contribution is -0.119. The molecule has 0 radical (unpaired) electrons. The van der Waals surface area contributed by atoms with E-state index in [-0.39, 0.29) is 5.78 Å². The van der Waals surface area contributed by atoms with Crippen molar-refractivity contribution < 1.29 is 9.53 Å². The van der Waals surface area contributed by atoms with Crippen molar-refractivity contribution in [1.82, 2.24) is 9.78 Å². The maximum atomic E-state index is 11.8. The lowest BCUT2D eigenvalue weighted by atomic mass is 10.0. The highest BCUT2D eigenvalue weighted by molar-refractivity contribution is 5.80. The predicted molar refractivity (Wildman–Crippen MR) is 64.8 cm³/mol. The number of carbonyl (C=O) groups excluding carboxylic acids is 1. The molecule has 17 heavy (non-hydrogen) atoms. The minimum atomic E-state index is 0.288. The Morgan fingerprint density at radius 1 is 1.65 bits per heavy atom. The summed E-state index contributed by atoms with van der Waals surface area (Å²) in [5, 5.41) is 4.17. The van der Waals surface area contributed by atoms with Gasteiger partial charge in [-0.05, 0) is 31.7 Å². The van der Waals surface area contributed by atoms with Crippen molar-refractivity contribution in [2.24, 2.45) is 0 Å². The average Bonchev–Trinajstić information content (AvgIpc) is 2.97. The number of aryl methyl sites for hydroxylation is 1. The second-order valence-corrected chi connectivity index (χ2v) is 4.59. The summed E-state index contributed by atoms with van der Waals surface area (Å²) >= 11 is 0. The van der Waals surface area contributed by atoms with Gasteiger partial charge in [-0.15, -0.1) is 0 Å². The molecule has 1 aromatic rings. The molecule has 4 nitrogen and oxygen atoms in total. The number of hydrogen-bond acceptors (Lipinski definition) is 3. The second kappa shape index (κ2) is 5.96. The van der Waals surface area contributed by atoms with Crippen LogP contribution in [-0.4, -0.2) is 28.3 Å². The highest BCUT2D eigenvalue weighted by atomic mass is 16.5. The van der Waals surface area contributed by atoms with Gasteiger partial charge in [-0.25, -0.2) is 0 Å². The number of nitrogens with zero attached hydrogens (tertiary/aromatic N) is 2. The standard InChI is InChI=1S/C13H20N2O2/c1-2-15-10-11(9-14-15)8-12(16)5-6-13-4-3-7-17-13/h9-10,13H,2-8H2,1H3. The largest absolute Gasteiger partial charge is 0.378 e. The zero-order valence-electron chi connectivity index (χ0n) is 10.4. The van der Waals surface area contributed by atoms with E-state index >= 15 is 0 Å². The minimum Gasteiger partial charge on any atom is -0.378 e. The Morgan fingerprint density at radius 3 is 3.18 bits per heavy atom. The first-order chi connectivity index (χ1) is 8.28. The van der Waals surface area contributed by atoms with Crippen LogP contribution in [0.2, 0.25) is 0 Å². The van der Waals surface area contributed by atoms with E-state index in [9.17, 15) is 4.79 Å². The van der Waals surface area contributed by atoms with E-state index in [1.807, 2.05) is 17.8 Å². The summed E-state index contributed by atoms with van der Waals surface area (Å²) in [5.74, 6) is 0.288. The van der Waals surface area contributed by atoms with E-state index in [1.54, 1.807) is 6.20 Å². The zero-order chi connectivity index (χ0) is 12.1. The Bertz CT molecular complexity index is 367. The Labute approximate surface area is 102 Å². The van der Waals surface area contributed by atoms with Crippen LogP contribution in [0.3, 0.4) is 0 Å². The van der Waals surface area contributed by atoms with Crippen molar-refractivity contribution in [1.29, 1.82) is 0 Å². The van der Waals surface area contributed by atoms with Gasteiger partial charge >= 0.3 is 0 Å². The Balaban J connectivity index is 1.72. The summed E-state index contributed by atoms with van der Waals surface area (Å²) in [5.41, 5.74) is 1.02. The maximum absolute atomic E-state index is 11.8. The van der Waals surface area contributed by atoms with Crippen molar-refractivity contribution in [2.75, 3.05) is 6.61 Å². The molecule has 1 unspecified atom stereocenters. The van der Waals surface area contributed by atoms with Crippen molar-refractivity contribution in [2.45, 2.75) is 51.7 Å². The van der Waals surface area contributed by atoms with Gasteiger partial charge < -0.3 is 4.74 Å². The van der Waals surface area contributed by atoms with E-state index in [4.69, 9.17) is 4.74 Å². The quantitative estimate of drug-likeness (QED) is 0.758. The molecular weight excluding hydrogens is 216 g/mol. The molecule has 0 aromatic carbocycles. The van der Waals surface area contributed by atoms with Gasteiger partial charge in [0.1, 0.15) is 5.78 Å². The smallest absolute Gasteiger partial charge is 0.137 e. The van der Waals surface area contributed by atoms with E-state index in [0.717, 1.165) is 38.0 Å². The summed E-state index contributed by atoms with van der Waals surface area (Å²) in [6.07, 6.45) is 8.31. The van der Waals surface area contributed by atoms with Gasteiger partial charge in [0.15, 0.2) is 0 Å². The van der Waals surface area contributed by atoms with Crippen LogP contribution in [0, 0.1) is 0 Å². The molecule has 0 spiro atoms. The predicted octanol–water partition coefficient (Wildman–Crippen LogP) is 1.97. The first kappa shape index (κ1) is 12.3. The molecule has 4 heteroatoms. The fourth-order valence-corrected chi connectivity index (χ4v) is 2.18. The molecule has 1 aliphatic rings. The Kier molecular flexibility index (Phi) is 4.31. The molecule has 2 rings (SSSR count). The number of ketones is 1. The van der Waals surface area contributed by atoms with Gasteiger partial charge in [-0.1, -0.05) is 0 Å². The van der Waals surface area contributed by atoms with Crippen LogP contribution in [-0.2, 0) is 22.5 Å². The summed E-state index contributed by atoms with van der Waals surface area (Å²) in [6, 6.07) is 0. The van der Waals surface area contributed by atoms with Crippen molar-refractivity contribution in [3.8, 4) is 0 Å². The van der Waals surface area contributed by atoms with Crippen LogP contribution in [0.4, 0.5) is 0 Å². The zero-order valence-corrected chi connectivity index (χ0v) is 10.4. The van der Waals surface area contributed by atoms with Gasteiger partial charge in [-0.3, -0.25) is 9.48 Å². The molecule has 0 amide bonds. The van der Waals surface area contributed by atoms with Crippen molar-refractivity contribution in [3.63, 3.8) is 0 Å². The lowest BCUT2D eigenvalue weighted by Gasteiger charge is -2.07. The fourth-order valence-electron chi connectivity index (χ4n) is 2.18. The highest BCUT2D eigenvalue weighted by Crippen LogP contribution is 2.17. The molecule has 0 saturated carbocycles. The molecule has 94 valence electrons. The minimum absolute atomic E-state index is 0.288. The van der Waals surface area contributed by atoms with Crippen LogP contribution < -0.4 is 0 Å². The summed E-state index contributed by atoms with van der Waals surface area (Å²) in [4.78, 5) is 11.8. The van der Waals surface area contributed by atoms with Gasteiger partial charge in [0.05, 0.1) is 12.3 Å². The van der Waals surface area contributed by atoms with E-state index in [2.05, 4.69) is 5.10 Å². The second-order valence-electron chi connectivity index (χ2n) is 4.59. The molecule has 1 atom stereocenters. The molecular formula is C13H20N2O2. The van der Waals surface area contributed by atoms with Gasteiger partial charge in [0.25, 0.3) is 0 Å². The summed E-state index contributed by atoms with van der Waals surface area (Å²) in [7, 11) is 0. The van der Waals surface area contributed by atoms with Crippen LogP contribution in [0.5, 0.6) is 0 Å². The van der Waals surface area contributed by atoms with Gasteiger partial charge in [0, 0.05) is 32.2 Å². The molecule has 1 aromatic heterocycles. The molecule has 2 heterocycles. The molecule has 1 fully saturated rings. The molecule has 1 aliphatic heterocycles. The Hall–Kier alpha value is -1.16. The summed E-state index contributed by atoms with van der Waals surface area (Å²) in [6.45, 7) is 3.75. The number of Topliss-reactive ketones (excluding diaryl/α,β-unsaturated/α-hetero) is 1. The van der Waals surface area contributed by atoms with Gasteiger partial charge in [-0.2, -0.15) is 5.10 Å². The molecule has 0 N–H and O–H groups in total. The van der Waals surface area contributed by atoms with Crippen LogP contribution in [0.25, 0.3) is 0 Å². The van der Waals surface area contributed by atoms with Crippen LogP contribution >= 0.6 is 0 Å².